The molecule has 2 aromatic rings. The summed E-state index contributed by atoms with van der Waals surface area (Å²) in [6, 6.07) is 10.5. The van der Waals surface area contributed by atoms with E-state index in [1.165, 1.54) is 29.0 Å². The second-order valence-electron chi connectivity index (χ2n) is 6.51. The Labute approximate surface area is 159 Å². The Hall–Kier alpha value is -2.93. The van der Waals surface area contributed by atoms with Gasteiger partial charge in [-0.3, -0.25) is 19.3 Å². The van der Waals surface area contributed by atoms with Crippen LogP contribution in [0.5, 0.6) is 0 Å². The van der Waals surface area contributed by atoms with Gasteiger partial charge in [0.15, 0.2) is 0 Å². The fourth-order valence-corrected chi connectivity index (χ4v) is 3.91. The predicted molar refractivity (Wildman–Crippen MR) is 98.0 cm³/mol. The van der Waals surface area contributed by atoms with Crippen LogP contribution in [-0.2, 0) is 9.59 Å². The molecule has 6 nitrogen and oxygen atoms in total. The highest BCUT2D eigenvalue weighted by Gasteiger charge is 2.59. The van der Waals surface area contributed by atoms with Gasteiger partial charge in [0.25, 0.3) is 11.8 Å². The van der Waals surface area contributed by atoms with E-state index < -0.39 is 17.4 Å². The van der Waals surface area contributed by atoms with Crippen molar-refractivity contribution in [3.8, 4) is 0 Å². The van der Waals surface area contributed by atoms with E-state index >= 15 is 0 Å². The number of likely N-dealkylation sites (N-methyl/N-ethyl adjacent to an activating group) is 1. The molecule has 2 aliphatic rings. The fraction of sp³-hybridized carbons (Fsp3) is 0.211. The van der Waals surface area contributed by atoms with Gasteiger partial charge in [-0.15, -0.1) is 0 Å². The third-order valence-corrected chi connectivity index (χ3v) is 5.37. The maximum atomic E-state index is 13.4. The highest BCUT2D eigenvalue weighted by atomic mass is 35.5. The molecule has 0 aliphatic carbocycles. The maximum absolute atomic E-state index is 13.4. The van der Waals surface area contributed by atoms with Gasteiger partial charge in [-0.25, -0.2) is 4.39 Å². The smallest absolute Gasteiger partial charge is 0.271 e. The summed E-state index contributed by atoms with van der Waals surface area (Å²) in [6.45, 7) is 0. The average molecular weight is 388 g/mol. The summed E-state index contributed by atoms with van der Waals surface area (Å²) >= 11 is 5.78. The first-order valence-corrected chi connectivity index (χ1v) is 8.71. The molecule has 3 amide bonds. The van der Waals surface area contributed by atoms with Gasteiger partial charge in [0.05, 0.1) is 16.3 Å². The van der Waals surface area contributed by atoms with Gasteiger partial charge in [-0.05, 0) is 30.3 Å². The number of halogens is 2. The van der Waals surface area contributed by atoms with Gasteiger partial charge < -0.3 is 10.2 Å². The molecular formula is C19H15ClFN3O3. The lowest BCUT2D eigenvalue weighted by atomic mass is 9.96. The number of benzene rings is 2. The van der Waals surface area contributed by atoms with Gasteiger partial charge >= 0.3 is 0 Å². The van der Waals surface area contributed by atoms with E-state index in [0.717, 1.165) is 6.07 Å². The summed E-state index contributed by atoms with van der Waals surface area (Å²) in [5, 5.41) is 2.53. The lowest BCUT2D eigenvalue weighted by molar-refractivity contribution is -0.128. The summed E-state index contributed by atoms with van der Waals surface area (Å²) in [4.78, 5) is 41.4. The Bertz CT molecular complexity index is 996. The van der Waals surface area contributed by atoms with Crippen LogP contribution in [0.15, 0.2) is 42.5 Å². The number of carbonyl (C=O) groups is 3. The van der Waals surface area contributed by atoms with Crippen LogP contribution in [-0.4, -0.2) is 35.3 Å². The Morgan fingerprint density at radius 2 is 1.96 bits per heavy atom. The average Bonchev–Trinajstić information content (AvgIpc) is 3.01. The monoisotopic (exact) mass is 387 g/mol. The summed E-state index contributed by atoms with van der Waals surface area (Å²) in [5.74, 6) is -1.75. The predicted octanol–water partition coefficient (Wildman–Crippen LogP) is 3.03. The van der Waals surface area contributed by atoms with Gasteiger partial charge in [0.2, 0.25) is 11.6 Å². The minimum atomic E-state index is -1.48. The number of carbonyl (C=O) groups excluding carboxylic acids is 3. The largest absolute Gasteiger partial charge is 0.322 e. The van der Waals surface area contributed by atoms with Crippen LogP contribution in [0.4, 0.5) is 15.8 Å². The summed E-state index contributed by atoms with van der Waals surface area (Å²) in [6.07, 6.45) is 0.284. The van der Waals surface area contributed by atoms with Crippen molar-refractivity contribution in [1.29, 1.82) is 0 Å². The van der Waals surface area contributed by atoms with E-state index in [-0.39, 0.29) is 35.4 Å². The van der Waals surface area contributed by atoms with Crippen LogP contribution in [0.25, 0.3) is 0 Å². The zero-order valence-corrected chi connectivity index (χ0v) is 15.1. The molecule has 1 atom stereocenters. The summed E-state index contributed by atoms with van der Waals surface area (Å²) in [7, 11) is 1.50. The standard InChI is InChI=1S/C19H15ClFN3O3/c1-23-17(26)12-4-2-3-5-15(12)24-16(25)8-9-19(23,24)18(27)22-11-6-7-14(21)13(20)10-11/h2-7,10H,8-9H2,1H3,(H,22,27)/t19-/m0/s1. The quantitative estimate of drug-likeness (QED) is 0.861. The molecule has 0 spiro atoms. The summed E-state index contributed by atoms with van der Waals surface area (Å²) in [5.41, 5.74) is -0.428. The number of amides is 3. The van der Waals surface area contributed by atoms with E-state index in [1.54, 1.807) is 24.3 Å². The molecule has 4 rings (SSSR count). The normalized spacial score (nSPS) is 21.1. The number of nitrogens with zero attached hydrogens (tertiary/aromatic N) is 2. The van der Waals surface area contributed by atoms with E-state index in [9.17, 15) is 18.8 Å². The van der Waals surface area contributed by atoms with E-state index in [1.807, 2.05) is 0 Å². The van der Waals surface area contributed by atoms with Gasteiger partial charge in [-0.1, -0.05) is 23.7 Å². The minimum Gasteiger partial charge on any atom is -0.322 e. The number of para-hydroxylation sites is 1. The molecule has 2 aliphatic heterocycles. The van der Waals surface area contributed by atoms with Crippen molar-refractivity contribution >= 4 is 40.7 Å². The lowest BCUT2D eigenvalue weighted by Gasteiger charge is -2.47. The first-order valence-electron chi connectivity index (χ1n) is 8.33. The highest BCUT2D eigenvalue weighted by Crippen LogP contribution is 2.44. The number of hydrogen-bond donors (Lipinski definition) is 1. The van der Waals surface area contributed by atoms with Gasteiger partial charge in [0.1, 0.15) is 5.82 Å². The molecule has 8 heteroatoms. The van der Waals surface area contributed by atoms with Crippen molar-refractivity contribution < 1.29 is 18.8 Å². The molecule has 0 unspecified atom stereocenters. The third-order valence-electron chi connectivity index (χ3n) is 5.08. The molecule has 27 heavy (non-hydrogen) atoms. The van der Waals surface area contributed by atoms with Crippen LogP contribution < -0.4 is 10.2 Å². The second-order valence-corrected chi connectivity index (χ2v) is 6.92. The van der Waals surface area contributed by atoms with Crippen LogP contribution in [0.1, 0.15) is 23.2 Å². The van der Waals surface area contributed by atoms with E-state index in [0.29, 0.717) is 11.3 Å². The van der Waals surface area contributed by atoms with Crippen molar-refractivity contribution in [2.75, 3.05) is 17.3 Å². The van der Waals surface area contributed by atoms with Crippen LogP contribution in [0.2, 0.25) is 5.02 Å². The number of fused-ring (bicyclic) bond motifs is 3. The van der Waals surface area contributed by atoms with Gasteiger partial charge in [-0.2, -0.15) is 0 Å². The Kier molecular flexibility index (Phi) is 3.92. The molecule has 0 radical (unpaired) electrons. The summed E-state index contributed by atoms with van der Waals surface area (Å²) < 4.78 is 13.4. The SMILES string of the molecule is CN1C(=O)c2ccccc2N2C(=O)CC[C@]12C(=O)Nc1ccc(F)c(Cl)c1. The highest BCUT2D eigenvalue weighted by molar-refractivity contribution is 6.31. The molecule has 0 saturated carbocycles. The van der Waals surface area contributed by atoms with Crippen LogP contribution in [0, 0.1) is 5.82 Å². The van der Waals surface area contributed by atoms with Crippen molar-refractivity contribution in [3.05, 3.63) is 58.9 Å². The molecular weight excluding hydrogens is 373 g/mol. The number of nitrogens with one attached hydrogen (secondary N) is 1. The maximum Gasteiger partial charge on any atom is 0.271 e. The van der Waals surface area contributed by atoms with Crippen molar-refractivity contribution in [2.45, 2.75) is 18.5 Å². The van der Waals surface area contributed by atoms with E-state index in [4.69, 9.17) is 11.6 Å². The molecule has 0 aromatic heterocycles. The molecule has 1 N–H and O–H groups in total. The molecule has 2 aromatic carbocycles. The number of anilines is 2. The molecule has 1 saturated heterocycles. The Morgan fingerprint density at radius 3 is 2.70 bits per heavy atom. The Morgan fingerprint density at radius 1 is 1.22 bits per heavy atom. The van der Waals surface area contributed by atoms with Crippen molar-refractivity contribution in [2.24, 2.45) is 0 Å². The fourth-order valence-electron chi connectivity index (χ4n) is 3.73. The Balaban J connectivity index is 1.79. The van der Waals surface area contributed by atoms with Gasteiger partial charge in [0, 0.05) is 25.6 Å². The molecule has 138 valence electrons. The zero-order chi connectivity index (χ0) is 19.3. The first-order chi connectivity index (χ1) is 12.9. The molecule has 0 bridgehead atoms. The second kappa shape index (κ2) is 6.06. The lowest BCUT2D eigenvalue weighted by Crippen LogP contribution is -2.68. The number of hydrogen-bond acceptors (Lipinski definition) is 3. The zero-order valence-electron chi connectivity index (χ0n) is 14.3. The third kappa shape index (κ3) is 2.42. The van der Waals surface area contributed by atoms with Crippen molar-refractivity contribution in [1.82, 2.24) is 4.90 Å². The van der Waals surface area contributed by atoms with E-state index in [2.05, 4.69) is 5.32 Å². The topological polar surface area (TPSA) is 69.7 Å². The molecule has 2 heterocycles. The van der Waals surface area contributed by atoms with Crippen LogP contribution >= 0.6 is 11.6 Å². The van der Waals surface area contributed by atoms with Crippen LogP contribution in [0.3, 0.4) is 0 Å². The number of rotatable bonds is 2. The van der Waals surface area contributed by atoms with Crippen molar-refractivity contribution in [3.63, 3.8) is 0 Å². The minimum absolute atomic E-state index is 0.129. The first kappa shape index (κ1) is 17.5. The molecule has 1 fully saturated rings.